The van der Waals surface area contributed by atoms with Crippen molar-refractivity contribution in [2.75, 3.05) is 39.3 Å². The molecule has 1 aliphatic rings. The van der Waals surface area contributed by atoms with Crippen LogP contribution in [0.5, 0.6) is 17.2 Å². The lowest BCUT2D eigenvalue weighted by atomic mass is 10.1. The van der Waals surface area contributed by atoms with Crippen molar-refractivity contribution in [1.82, 2.24) is 5.32 Å². The van der Waals surface area contributed by atoms with Crippen molar-refractivity contribution in [2.45, 2.75) is 19.8 Å². The summed E-state index contributed by atoms with van der Waals surface area (Å²) in [4.78, 5) is 37.8. The smallest absolute Gasteiger partial charge is 0.276 e. The van der Waals surface area contributed by atoms with Crippen molar-refractivity contribution in [3.8, 4) is 17.2 Å². The van der Waals surface area contributed by atoms with Crippen LogP contribution in [0, 0.1) is 23.0 Å². The lowest BCUT2D eigenvalue weighted by Crippen LogP contribution is -2.34. The number of anilines is 1. The van der Waals surface area contributed by atoms with E-state index in [1.54, 1.807) is 11.0 Å². The normalized spacial score (nSPS) is 15.3. The van der Waals surface area contributed by atoms with E-state index < -0.39 is 10.8 Å². The van der Waals surface area contributed by atoms with Gasteiger partial charge in [-0.3, -0.25) is 19.7 Å². The van der Waals surface area contributed by atoms with E-state index in [4.69, 9.17) is 14.2 Å². The molecule has 0 radical (unpaired) electrons. The minimum Gasteiger partial charge on any atom is -0.495 e. The van der Waals surface area contributed by atoms with Gasteiger partial charge >= 0.3 is 0 Å². The highest BCUT2D eigenvalue weighted by atomic mass is 16.6. The molecule has 2 amide bonds. The molecule has 1 aliphatic heterocycles. The van der Waals surface area contributed by atoms with Crippen LogP contribution in [0.25, 0.3) is 0 Å². The van der Waals surface area contributed by atoms with Gasteiger partial charge in [-0.25, -0.2) is 0 Å². The van der Waals surface area contributed by atoms with Crippen LogP contribution in [0.1, 0.15) is 17.5 Å². The van der Waals surface area contributed by atoms with Crippen molar-refractivity contribution in [3.63, 3.8) is 0 Å². The third kappa shape index (κ3) is 5.16. The molecule has 1 saturated heterocycles. The second-order valence-electron chi connectivity index (χ2n) is 7.71. The number of hydrogen-bond acceptors (Lipinski definition) is 7. The summed E-state index contributed by atoms with van der Waals surface area (Å²) in [6, 6.07) is 8.38. The second kappa shape index (κ2) is 10.2. The van der Waals surface area contributed by atoms with Gasteiger partial charge in [-0.2, -0.15) is 0 Å². The average Bonchev–Trinajstić information content (AvgIpc) is 3.19. The van der Waals surface area contributed by atoms with Gasteiger partial charge in [-0.05, 0) is 37.1 Å². The molecular formula is C23H27N3O7. The zero-order valence-corrected chi connectivity index (χ0v) is 19.0. The minimum atomic E-state index is -0.525. The number of ether oxygens (including phenoxy) is 3. The zero-order valence-electron chi connectivity index (χ0n) is 19.0. The highest BCUT2D eigenvalue weighted by Gasteiger charge is 2.36. The molecule has 176 valence electrons. The van der Waals surface area contributed by atoms with Gasteiger partial charge < -0.3 is 24.4 Å². The van der Waals surface area contributed by atoms with Gasteiger partial charge in [0, 0.05) is 25.1 Å². The van der Waals surface area contributed by atoms with Gasteiger partial charge in [-0.1, -0.05) is 6.07 Å². The Morgan fingerprint density at radius 3 is 2.42 bits per heavy atom. The van der Waals surface area contributed by atoms with Crippen molar-refractivity contribution in [3.05, 3.63) is 51.6 Å². The number of aryl methyl sites for hydroxylation is 1. The second-order valence-corrected chi connectivity index (χ2v) is 7.71. The van der Waals surface area contributed by atoms with Crippen LogP contribution in [0.2, 0.25) is 0 Å². The first-order valence-corrected chi connectivity index (χ1v) is 10.4. The minimum absolute atomic E-state index is 0.0828. The van der Waals surface area contributed by atoms with Crippen molar-refractivity contribution < 1.29 is 28.7 Å². The van der Waals surface area contributed by atoms with Gasteiger partial charge in [-0.15, -0.1) is 0 Å². The molecule has 0 aromatic heterocycles. The van der Waals surface area contributed by atoms with E-state index in [2.05, 4.69) is 5.32 Å². The highest BCUT2D eigenvalue weighted by molar-refractivity contribution is 6.01. The predicted octanol–water partition coefficient (Wildman–Crippen LogP) is 2.64. The molecule has 0 saturated carbocycles. The SMILES string of the molecule is COc1cc(CCNC(=O)[C@@H]2CC(=O)N(c3cc(C)ccc3OC)C2)c([N+](=O)[O-])cc1OC. The summed E-state index contributed by atoms with van der Waals surface area (Å²) >= 11 is 0. The molecule has 1 heterocycles. The quantitative estimate of drug-likeness (QED) is 0.454. The Morgan fingerprint density at radius 2 is 1.79 bits per heavy atom. The summed E-state index contributed by atoms with van der Waals surface area (Å²) < 4.78 is 15.7. The summed E-state index contributed by atoms with van der Waals surface area (Å²) in [6.45, 7) is 2.33. The van der Waals surface area contributed by atoms with Crippen molar-refractivity contribution in [2.24, 2.45) is 5.92 Å². The number of carbonyl (C=O) groups is 2. The molecule has 3 rings (SSSR count). The Balaban J connectivity index is 1.66. The largest absolute Gasteiger partial charge is 0.495 e. The standard InChI is InChI=1S/C23H27N3O7/c1-14-5-6-19(31-2)18(9-14)25-13-16(11-22(25)27)23(28)24-8-7-15-10-20(32-3)21(33-4)12-17(15)26(29)30/h5-6,9-10,12,16H,7-8,11,13H2,1-4H3,(H,24,28)/t16-/m1/s1. The fourth-order valence-corrected chi connectivity index (χ4v) is 3.87. The molecule has 1 atom stereocenters. The molecular weight excluding hydrogens is 430 g/mol. The monoisotopic (exact) mass is 457 g/mol. The van der Waals surface area contributed by atoms with Crippen LogP contribution in [-0.4, -0.2) is 51.2 Å². The van der Waals surface area contributed by atoms with E-state index in [1.165, 1.54) is 33.5 Å². The number of nitrogens with one attached hydrogen (secondary N) is 1. The maximum Gasteiger partial charge on any atom is 0.276 e. The fourth-order valence-electron chi connectivity index (χ4n) is 3.87. The fraction of sp³-hybridized carbons (Fsp3) is 0.391. The van der Waals surface area contributed by atoms with Gasteiger partial charge in [0.15, 0.2) is 11.5 Å². The van der Waals surface area contributed by atoms with Crippen LogP contribution in [0.3, 0.4) is 0 Å². The maximum absolute atomic E-state index is 12.7. The molecule has 33 heavy (non-hydrogen) atoms. The number of nitrogens with zero attached hydrogens (tertiary/aromatic N) is 2. The van der Waals surface area contributed by atoms with Crippen LogP contribution >= 0.6 is 0 Å². The van der Waals surface area contributed by atoms with Gasteiger partial charge in [0.1, 0.15) is 5.75 Å². The third-order valence-electron chi connectivity index (χ3n) is 5.60. The van der Waals surface area contributed by atoms with E-state index >= 15 is 0 Å². The Morgan fingerprint density at radius 1 is 1.12 bits per heavy atom. The Labute approximate surface area is 191 Å². The van der Waals surface area contributed by atoms with Crippen molar-refractivity contribution in [1.29, 1.82) is 0 Å². The van der Waals surface area contributed by atoms with E-state index in [0.717, 1.165) is 5.56 Å². The molecule has 0 unspecified atom stereocenters. The average molecular weight is 457 g/mol. The molecule has 2 aromatic carbocycles. The summed E-state index contributed by atoms with van der Waals surface area (Å²) in [5, 5.41) is 14.2. The first kappa shape index (κ1) is 23.8. The highest BCUT2D eigenvalue weighted by Crippen LogP contribution is 2.35. The van der Waals surface area contributed by atoms with E-state index in [9.17, 15) is 19.7 Å². The summed E-state index contributed by atoms with van der Waals surface area (Å²) in [5.41, 5.74) is 1.91. The van der Waals surface area contributed by atoms with E-state index in [-0.39, 0.29) is 49.2 Å². The number of nitro groups is 1. The molecule has 0 aliphatic carbocycles. The summed E-state index contributed by atoms with van der Waals surface area (Å²) in [6.07, 6.45) is 0.303. The Kier molecular flexibility index (Phi) is 7.37. The third-order valence-corrected chi connectivity index (χ3v) is 5.60. The van der Waals surface area contributed by atoms with Crippen LogP contribution in [-0.2, 0) is 16.0 Å². The number of rotatable bonds is 9. The molecule has 2 aromatic rings. The van der Waals surface area contributed by atoms with Gasteiger partial charge in [0.05, 0.1) is 43.9 Å². The lowest BCUT2D eigenvalue weighted by molar-refractivity contribution is -0.385. The number of carbonyl (C=O) groups excluding carboxylic acids is 2. The summed E-state index contributed by atoms with van der Waals surface area (Å²) in [5.74, 6) is 0.232. The number of amides is 2. The molecule has 0 spiro atoms. The molecule has 1 fully saturated rings. The first-order chi connectivity index (χ1) is 15.8. The summed E-state index contributed by atoms with van der Waals surface area (Å²) in [7, 11) is 4.38. The van der Waals surface area contributed by atoms with Gasteiger partial charge in [0.2, 0.25) is 11.8 Å². The van der Waals surface area contributed by atoms with Crippen molar-refractivity contribution >= 4 is 23.2 Å². The lowest BCUT2D eigenvalue weighted by Gasteiger charge is -2.20. The Hall–Kier alpha value is -3.82. The maximum atomic E-state index is 12.7. The molecule has 10 heteroatoms. The van der Waals surface area contributed by atoms with Crippen LogP contribution in [0.4, 0.5) is 11.4 Å². The Bertz CT molecular complexity index is 1070. The topological polar surface area (TPSA) is 120 Å². The predicted molar refractivity (Wildman–Crippen MR) is 121 cm³/mol. The van der Waals surface area contributed by atoms with E-state index in [0.29, 0.717) is 22.7 Å². The molecule has 0 bridgehead atoms. The van der Waals surface area contributed by atoms with Crippen LogP contribution < -0.4 is 24.4 Å². The molecule has 1 N–H and O–H groups in total. The zero-order chi connectivity index (χ0) is 24.1. The van der Waals surface area contributed by atoms with E-state index in [1.807, 2.05) is 19.1 Å². The first-order valence-electron chi connectivity index (χ1n) is 10.4. The number of benzene rings is 2. The number of methoxy groups -OCH3 is 3. The van der Waals surface area contributed by atoms with Gasteiger partial charge in [0.25, 0.3) is 5.69 Å². The number of hydrogen-bond donors (Lipinski definition) is 1. The van der Waals surface area contributed by atoms with Crippen LogP contribution in [0.15, 0.2) is 30.3 Å². The number of nitro benzene ring substituents is 1. The molecule has 10 nitrogen and oxygen atoms in total.